The average Bonchev–Trinajstić information content (AvgIpc) is 3.67. The number of para-hydroxylation sites is 1. The van der Waals surface area contributed by atoms with Crippen molar-refractivity contribution in [3.63, 3.8) is 0 Å². The SMILES string of the molecule is c1ccc2c(c1)oc1ccc(-c3ccc4oc5ccc(Sc6ccc7oc8cccnc8c7c6)cc5c4c3)cc12. The number of aromatic nitrogens is 1. The third-order valence-corrected chi connectivity index (χ3v) is 8.56. The number of benzene rings is 5. The molecule has 0 amide bonds. The molecule has 0 aliphatic rings. The average molecular weight is 534 g/mol. The molecular weight excluding hydrogens is 514 g/mol. The highest BCUT2D eigenvalue weighted by atomic mass is 32.2. The number of pyridine rings is 1. The van der Waals surface area contributed by atoms with Crippen molar-refractivity contribution in [2.45, 2.75) is 9.79 Å². The number of nitrogens with zero attached hydrogens (tertiary/aromatic N) is 1. The minimum Gasteiger partial charge on any atom is -0.456 e. The summed E-state index contributed by atoms with van der Waals surface area (Å²) in [6.45, 7) is 0. The predicted molar refractivity (Wildman–Crippen MR) is 162 cm³/mol. The Balaban J connectivity index is 1.13. The fraction of sp³-hybridized carbons (Fsp3) is 0. The molecule has 0 spiro atoms. The molecule has 0 unspecified atom stereocenters. The fourth-order valence-corrected chi connectivity index (χ4v) is 6.58. The van der Waals surface area contributed by atoms with E-state index in [1.807, 2.05) is 30.3 Å². The molecule has 0 atom stereocenters. The van der Waals surface area contributed by atoms with Gasteiger partial charge in [0.25, 0.3) is 0 Å². The number of fused-ring (bicyclic) bond motifs is 9. The van der Waals surface area contributed by atoms with Gasteiger partial charge >= 0.3 is 0 Å². The first-order chi connectivity index (χ1) is 19.8. The highest BCUT2D eigenvalue weighted by Gasteiger charge is 2.13. The summed E-state index contributed by atoms with van der Waals surface area (Å²) in [4.78, 5) is 6.81. The highest BCUT2D eigenvalue weighted by molar-refractivity contribution is 7.99. The molecule has 4 aromatic heterocycles. The Hall–Kier alpha value is -5.00. The molecule has 0 aliphatic heterocycles. The molecule has 188 valence electrons. The van der Waals surface area contributed by atoms with Crippen molar-refractivity contribution in [1.29, 1.82) is 0 Å². The largest absolute Gasteiger partial charge is 0.456 e. The number of rotatable bonds is 3. The standard InChI is InChI=1S/C35H19NO3S/c1-2-5-29-24(4-1)25-16-20(7-11-30(25)37-29)21-8-12-31-26(17-21)27-18-22(9-13-32(27)38-31)40-23-10-14-33-28(19-23)35-34(39-33)6-3-15-36-35/h1-19H. The van der Waals surface area contributed by atoms with Crippen molar-refractivity contribution in [2.24, 2.45) is 0 Å². The lowest BCUT2D eigenvalue weighted by molar-refractivity contribution is 0.667. The zero-order valence-corrected chi connectivity index (χ0v) is 21.9. The van der Waals surface area contributed by atoms with E-state index in [2.05, 4.69) is 83.8 Å². The summed E-state index contributed by atoms with van der Waals surface area (Å²) in [5.41, 5.74) is 8.42. The van der Waals surface area contributed by atoms with Crippen LogP contribution >= 0.6 is 11.8 Å². The molecule has 4 nitrogen and oxygen atoms in total. The number of hydrogen-bond donors (Lipinski definition) is 0. The lowest BCUT2D eigenvalue weighted by atomic mass is 10.0. The van der Waals surface area contributed by atoms with Crippen molar-refractivity contribution >= 4 is 77.7 Å². The molecule has 9 rings (SSSR count). The van der Waals surface area contributed by atoms with E-state index >= 15 is 0 Å². The quantitative estimate of drug-likeness (QED) is 0.226. The van der Waals surface area contributed by atoms with Gasteiger partial charge in [0.15, 0.2) is 5.58 Å². The lowest BCUT2D eigenvalue weighted by Gasteiger charge is -2.04. The summed E-state index contributed by atoms with van der Waals surface area (Å²) < 4.78 is 18.2. The molecule has 40 heavy (non-hydrogen) atoms. The molecule has 0 fully saturated rings. The van der Waals surface area contributed by atoms with Gasteiger partial charge in [0.05, 0.1) is 0 Å². The normalized spacial score (nSPS) is 12.1. The van der Waals surface area contributed by atoms with E-state index < -0.39 is 0 Å². The Morgan fingerprint density at radius 3 is 1.70 bits per heavy atom. The maximum absolute atomic E-state index is 6.21. The van der Waals surface area contributed by atoms with Crippen LogP contribution in [-0.2, 0) is 0 Å². The highest BCUT2D eigenvalue weighted by Crippen LogP contribution is 2.39. The monoisotopic (exact) mass is 533 g/mol. The maximum atomic E-state index is 6.21. The first kappa shape index (κ1) is 21.9. The van der Waals surface area contributed by atoms with Crippen LogP contribution < -0.4 is 0 Å². The molecule has 4 heterocycles. The summed E-state index contributed by atoms with van der Waals surface area (Å²) in [5, 5.41) is 5.50. The summed E-state index contributed by atoms with van der Waals surface area (Å²) in [5.74, 6) is 0. The maximum Gasteiger partial charge on any atom is 0.153 e. The van der Waals surface area contributed by atoms with Gasteiger partial charge in [-0.1, -0.05) is 42.1 Å². The summed E-state index contributed by atoms with van der Waals surface area (Å²) in [6.07, 6.45) is 1.80. The Labute approximate surface area is 231 Å². The topological polar surface area (TPSA) is 52.3 Å². The molecule has 0 saturated carbocycles. The van der Waals surface area contributed by atoms with E-state index in [9.17, 15) is 0 Å². The fourth-order valence-electron chi connectivity index (χ4n) is 5.68. The Morgan fingerprint density at radius 1 is 0.425 bits per heavy atom. The summed E-state index contributed by atoms with van der Waals surface area (Å²) >= 11 is 1.72. The predicted octanol–water partition coefficient (Wildman–Crippen LogP) is 10.6. The van der Waals surface area contributed by atoms with Gasteiger partial charge in [-0.25, -0.2) is 0 Å². The van der Waals surface area contributed by atoms with Crippen LogP contribution in [0.4, 0.5) is 0 Å². The van der Waals surface area contributed by atoms with Gasteiger partial charge in [0.1, 0.15) is 33.4 Å². The number of furan rings is 3. The zero-order chi connectivity index (χ0) is 26.2. The molecule has 0 radical (unpaired) electrons. The summed E-state index contributed by atoms with van der Waals surface area (Å²) in [7, 11) is 0. The minimum atomic E-state index is 0.807. The Bertz CT molecular complexity index is 2430. The first-order valence-corrected chi connectivity index (χ1v) is 13.9. The Kier molecular flexibility index (Phi) is 4.51. The van der Waals surface area contributed by atoms with Gasteiger partial charge in [-0.05, 0) is 90.0 Å². The van der Waals surface area contributed by atoms with E-state index in [-0.39, 0.29) is 0 Å². The van der Waals surface area contributed by atoms with Crippen molar-refractivity contribution < 1.29 is 13.3 Å². The first-order valence-electron chi connectivity index (χ1n) is 13.1. The van der Waals surface area contributed by atoms with E-state index in [4.69, 9.17) is 13.3 Å². The third kappa shape index (κ3) is 3.31. The van der Waals surface area contributed by atoms with Crippen LogP contribution in [0.2, 0.25) is 0 Å². The van der Waals surface area contributed by atoms with Crippen LogP contribution in [0.1, 0.15) is 0 Å². The molecule has 0 N–H and O–H groups in total. The lowest BCUT2D eigenvalue weighted by Crippen LogP contribution is -1.79. The summed E-state index contributed by atoms with van der Waals surface area (Å²) in [6, 6.07) is 37.5. The molecule has 0 saturated heterocycles. The van der Waals surface area contributed by atoms with Crippen LogP contribution in [0.5, 0.6) is 0 Å². The van der Waals surface area contributed by atoms with Gasteiger partial charge in [-0.2, -0.15) is 0 Å². The minimum absolute atomic E-state index is 0.807. The van der Waals surface area contributed by atoms with Crippen molar-refractivity contribution in [3.05, 3.63) is 115 Å². The smallest absolute Gasteiger partial charge is 0.153 e. The van der Waals surface area contributed by atoms with Crippen molar-refractivity contribution in [2.75, 3.05) is 0 Å². The van der Waals surface area contributed by atoms with Crippen molar-refractivity contribution in [1.82, 2.24) is 4.98 Å². The number of hydrogen-bond acceptors (Lipinski definition) is 5. The van der Waals surface area contributed by atoms with Gasteiger partial charge in [0, 0.05) is 42.9 Å². The molecular formula is C35H19NO3S. The van der Waals surface area contributed by atoms with Gasteiger partial charge < -0.3 is 13.3 Å². The van der Waals surface area contributed by atoms with Crippen LogP contribution in [0, 0.1) is 0 Å². The van der Waals surface area contributed by atoms with Gasteiger partial charge in [-0.15, -0.1) is 0 Å². The van der Waals surface area contributed by atoms with Crippen molar-refractivity contribution in [3.8, 4) is 11.1 Å². The molecule has 5 heteroatoms. The van der Waals surface area contributed by atoms with E-state index in [1.54, 1.807) is 18.0 Å². The second kappa shape index (κ2) is 8.25. The zero-order valence-electron chi connectivity index (χ0n) is 21.0. The van der Waals surface area contributed by atoms with E-state index in [0.29, 0.717) is 0 Å². The van der Waals surface area contributed by atoms with Crippen LogP contribution in [0.25, 0.3) is 77.1 Å². The van der Waals surface area contributed by atoms with Crippen LogP contribution in [0.15, 0.2) is 138 Å². The second-order valence-electron chi connectivity index (χ2n) is 9.99. The second-order valence-corrected chi connectivity index (χ2v) is 11.1. The van der Waals surface area contributed by atoms with Crippen LogP contribution in [0.3, 0.4) is 0 Å². The molecule has 5 aromatic carbocycles. The van der Waals surface area contributed by atoms with Gasteiger partial charge in [-0.3, -0.25) is 4.98 Å². The third-order valence-electron chi connectivity index (χ3n) is 7.58. The molecule has 0 aliphatic carbocycles. The van der Waals surface area contributed by atoms with Gasteiger partial charge in [0.2, 0.25) is 0 Å². The molecule has 9 aromatic rings. The molecule has 0 bridgehead atoms. The van der Waals surface area contributed by atoms with Crippen LogP contribution in [-0.4, -0.2) is 4.98 Å². The van der Waals surface area contributed by atoms with E-state index in [0.717, 1.165) is 86.9 Å². The Morgan fingerprint density at radius 2 is 0.950 bits per heavy atom. The van der Waals surface area contributed by atoms with E-state index in [1.165, 1.54) is 0 Å².